The van der Waals surface area contributed by atoms with Gasteiger partial charge in [0.2, 0.25) is 17.7 Å². The van der Waals surface area contributed by atoms with E-state index in [9.17, 15) is 19.2 Å². The predicted octanol–water partition coefficient (Wildman–Crippen LogP) is 2.25. The van der Waals surface area contributed by atoms with Crippen LogP contribution in [-0.4, -0.2) is 49.9 Å². The second-order valence-electron chi connectivity index (χ2n) is 6.38. The van der Waals surface area contributed by atoms with Crippen LogP contribution in [0.4, 0.5) is 5.69 Å². The third-order valence-corrected chi connectivity index (χ3v) is 7.47. The van der Waals surface area contributed by atoms with Crippen molar-refractivity contribution >= 4 is 61.2 Å². The normalized spacial score (nSPS) is 28.0. The fourth-order valence-electron chi connectivity index (χ4n) is 3.43. The number of halogens is 2. The quantitative estimate of drug-likeness (QED) is 0.500. The number of carboxylic acids is 1. The monoisotopic (exact) mass is 486 g/mol. The summed E-state index contributed by atoms with van der Waals surface area (Å²) in [6.45, 7) is -0.418. The standard InChI is InChI=1S/C17H16Br2N2O5/c18-11-5-9-10(6-12(11)19)16(24)21(15(9)23)7-14(22)20-13-4-2-1-3-8(13)17(25)26/h1-4,9-12H,5-7H2,(H,20,22)(H,25,26)/t9-,10+,11-,12-/m0/s1. The van der Waals surface area contributed by atoms with Gasteiger partial charge in [0.05, 0.1) is 23.1 Å². The van der Waals surface area contributed by atoms with E-state index >= 15 is 0 Å². The zero-order valence-corrected chi connectivity index (χ0v) is 16.7. The number of hydrogen-bond acceptors (Lipinski definition) is 4. The molecule has 0 bridgehead atoms. The predicted molar refractivity (Wildman–Crippen MR) is 100 cm³/mol. The van der Waals surface area contributed by atoms with Crippen molar-refractivity contribution in [1.82, 2.24) is 4.90 Å². The summed E-state index contributed by atoms with van der Waals surface area (Å²) in [7, 11) is 0. The minimum atomic E-state index is -1.17. The maximum Gasteiger partial charge on any atom is 0.337 e. The highest BCUT2D eigenvalue weighted by atomic mass is 79.9. The smallest absolute Gasteiger partial charge is 0.337 e. The van der Waals surface area contributed by atoms with Gasteiger partial charge in [-0.2, -0.15) is 0 Å². The largest absolute Gasteiger partial charge is 0.478 e. The van der Waals surface area contributed by atoms with Crippen molar-refractivity contribution in [2.45, 2.75) is 22.5 Å². The van der Waals surface area contributed by atoms with Crippen LogP contribution in [0.2, 0.25) is 0 Å². The number of rotatable bonds is 4. The Labute approximate surface area is 166 Å². The van der Waals surface area contributed by atoms with Crippen LogP contribution < -0.4 is 5.32 Å². The van der Waals surface area contributed by atoms with E-state index < -0.39 is 30.3 Å². The molecule has 1 aromatic carbocycles. The van der Waals surface area contributed by atoms with Gasteiger partial charge in [-0.1, -0.05) is 44.0 Å². The second-order valence-corrected chi connectivity index (χ2v) is 8.73. The van der Waals surface area contributed by atoms with Crippen LogP contribution in [0.1, 0.15) is 23.2 Å². The molecule has 1 aromatic rings. The first-order valence-electron chi connectivity index (χ1n) is 8.05. The number of para-hydroxylation sites is 1. The zero-order valence-electron chi connectivity index (χ0n) is 13.5. The van der Waals surface area contributed by atoms with Gasteiger partial charge in [-0.05, 0) is 25.0 Å². The first-order valence-corrected chi connectivity index (χ1v) is 9.88. The topological polar surface area (TPSA) is 104 Å². The SMILES string of the molecule is O=C(CN1C(=O)[C@H]2C[C@H](Br)[C@@H](Br)C[C@H]2C1=O)Nc1ccccc1C(=O)O. The zero-order chi connectivity index (χ0) is 19.0. The van der Waals surface area contributed by atoms with Crippen LogP contribution >= 0.6 is 31.9 Å². The molecule has 2 fully saturated rings. The van der Waals surface area contributed by atoms with Crippen molar-refractivity contribution < 1.29 is 24.3 Å². The molecule has 7 nitrogen and oxygen atoms in total. The Morgan fingerprint density at radius 3 is 2.15 bits per heavy atom. The maximum absolute atomic E-state index is 12.6. The van der Waals surface area contributed by atoms with Crippen LogP contribution in [0.25, 0.3) is 0 Å². The van der Waals surface area contributed by atoms with E-state index in [-0.39, 0.29) is 32.7 Å². The van der Waals surface area contributed by atoms with Gasteiger partial charge in [0.15, 0.2) is 0 Å². The molecule has 26 heavy (non-hydrogen) atoms. The Morgan fingerprint density at radius 2 is 1.62 bits per heavy atom. The number of benzene rings is 1. The van der Waals surface area contributed by atoms with E-state index in [1.807, 2.05) is 0 Å². The average molecular weight is 488 g/mol. The Kier molecular flexibility index (Phi) is 5.47. The third kappa shape index (κ3) is 3.55. The molecule has 3 amide bonds. The molecule has 2 aliphatic rings. The molecule has 1 aliphatic heterocycles. The second kappa shape index (κ2) is 7.48. The Bertz CT molecular complexity index is 756. The first-order chi connectivity index (χ1) is 12.3. The lowest BCUT2D eigenvalue weighted by Gasteiger charge is -2.29. The maximum atomic E-state index is 12.6. The number of nitrogens with one attached hydrogen (secondary N) is 1. The summed E-state index contributed by atoms with van der Waals surface area (Å²) in [6.07, 6.45) is 1.07. The molecule has 3 rings (SSSR count). The molecule has 1 aliphatic carbocycles. The molecular formula is C17H16Br2N2O5. The van der Waals surface area contributed by atoms with Crippen molar-refractivity contribution in [3.63, 3.8) is 0 Å². The van der Waals surface area contributed by atoms with Crippen molar-refractivity contribution in [1.29, 1.82) is 0 Å². The lowest BCUT2D eigenvalue weighted by molar-refractivity contribution is -0.142. The third-order valence-electron chi connectivity index (χ3n) is 4.74. The highest BCUT2D eigenvalue weighted by molar-refractivity contribution is 9.12. The minimum absolute atomic E-state index is 0.0575. The minimum Gasteiger partial charge on any atom is -0.478 e. The van der Waals surface area contributed by atoms with Crippen molar-refractivity contribution in [2.24, 2.45) is 11.8 Å². The van der Waals surface area contributed by atoms with Gasteiger partial charge in [-0.3, -0.25) is 19.3 Å². The van der Waals surface area contributed by atoms with Crippen LogP contribution in [-0.2, 0) is 14.4 Å². The number of amides is 3. The number of carbonyl (C=O) groups excluding carboxylic acids is 3. The van der Waals surface area contributed by atoms with Crippen LogP contribution in [0, 0.1) is 11.8 Å². The summed E-state index contributed by atoms with van der Waals surface area (Å²) in [6, 6.07) is 5.96. The summed E-state index contributed by atoms with van der Waals surface area (Å²) >= 11 is 7.02. The fourth-order valence-corrected chi connectivity index (χ4v) is 4.67. The molecule has 4 atom stereocenters. The van der Waals surface area contributed by atoms with Crippen LogP contribution in [0.15, 0.2) is 24.3 Å². The first kappa shape index (κ1) is 19.0. The lowest BCUT2D eigenvalue weighted by atomic mass is 9.81. The summed E-state index contributed by atoms with van der Waals surface area (Å²) in [5.41, 5.74) is 0.0698. The highest BCUT2D eigenvalue weighted by Gasteiger charge is 2.52. The summed E-state index contributed by atoms with van der Waals surface area (Å²) in [5.74, 6) is -3.30. The molecule has 0 radical (unpaired) electrons. The lowest BCUT2D eigenvalue weighted by Crippen LogP contribution is -2.38. The van der Waals surface area contributed by atoms with Crippen molar-refractivity contribution in [3.05, 3.63) is 29.8 Å². The van der Waals surface area contributed by atoms with Crippen LogP contribution in [0.5, 0.6) is 0 Å². The van der Waals surface area contributed by atoms with Gasteiger partial charge in [0.25, 0.3) is 0 Å². The Balaban J connectivity index is 1.71. The molecular weight excluding hydrogens is 472 g/mol. The molecule has 1 saturated heterocycles. The molecule has 1 saturated carbocycles. The van der Waals surface area contributed by atoms with Crippen molar-refractivity contribution in [3.8, 4) is 0 Å². The highest BCUT2D eigenvalue weighted by Crippen LogP contribution is 2.43. The number of carboxylic acid groups (broad SMARTS) is 1. The number of aromatic carboxylic acids is 1. The fraction of sp³-hybridized carbons (Fsp3) is 0.412. The number of carbonyl (C=O) groups is 4. The summed E-state index contributed by atoms with van der Waals surface area (Å²) in [5, 5.41) is 11.6. The van der Waals surface area contributed by atoms with E-state index in [4.69, 9.17) is 5.11 Å². The van der Waals surface area contributed by atoms with Crippen LogP contribution in [0.3, 0.4) is 0 Å². The number of hydrogen-bond donors (Lipinski definition) is 2. The van der Waals surface area contributed by atoms with E-state index in [1.165, 1.54) is 12.1 Å². The molecule has 9 heteroatoms. The number of nitrogens with zero attached hydrogens (tertiary/aromatic N) is 1. The summed E-state index contributed by atoms with van der Waals surface area (Å²) < 4.78 is 0. The molecule has 0 unspecified atom stereocenters. The van der Waals surface area contributed by atoms with E-state index in [0.29, 0.717) is 12.8 Å². The van der Waals surface area contributed by atoms with Gasteiger partial charge in [-0.25, -0.2) is 4.79 Å². The number of anilines is 1. The van der Waals surface area contributed by atoms with E-state index in [0.717, 1.165) is 4.90 Å². The number of fused-ring (bicyclic) bond motifs is 1. The molecule has 0 aromatic heterocycles. The molecule has 2 N–H and O–H groups in total. The number of alkyl halides is 2. The average Bonchev–Trinajstić information content (AvgIpc) is 2.80. The number of likely N-dealkylation sites (tertiary alicyclic amines) is 1. The van der Waals surface area contributed by atoms with Gasteiger partial charge >= 0.3 is 5.97 Å². The molecule has 1 heterocycles. The summed E-state index contributed by atoms with van der Waals surface area (Å²) in [4.78, 5) is 49.8. The van der Waals surface area contributed by atoms with Gasteiger partial charge in [0.1, 0.15) is 6.54 Å². The molecule has 0 spiro atoms. The Morgan fingerprint density at radius 1 is 1.08 bits per heavy atom. The van der Waals surface area contributed by atoms with Gasteiger partial charge in [-0.15, -0.1) is 0 Å². The van der Waals surface area contributed by atoms with E-state index in [2.05, 4.69) is 37.2 Å². The number of imide groups is 1. The Hall–Kier alpha value is -1.74. The van der Waals surface area contributed by atoms with Gasteiger partial charge < -0.3 is 10.4 Å². The van der Waals surface area contributed by atoms with Gasteiger partial charge in [0, 0.05) is 9.65 Å². The molecule has 138 valence electrons. The van der Waals surface area contributed by atoms with Crippen molar-refractivity contribution in [2.75, 3.05) is 11.9 Å². The van der Waals surface area contributed by atoms with E-state index in [1.54, 1.807) is 12.1 Å².